The Bertz CT molecular complexity index is 861. The molecule has 0 bridgehead atoms. The summed E-state index contributed by atoms with van der Waals surface area (Å²) in [6, 6.07) is 10.6. The number of hydrogen-bond donors (Lipinski definition) is 1. The molecule has 0 unspecified atom stereocenters. The van der Waals surface area contributed by atoms with Crippen molar-refractivity contribution < 1.29 is 17.5 Å². The van der Waals surface area contributed by atoms with E-state index in [0.29, 0.717) is 5.69 Å². The molecule has 0 aliphatic carbocycles. The van der Waals surface area contributed by atoms with Crippen LogP contribution in [0.25, 0.3) is 0 Å². The summed E-state index contributed by atoms with van der Waals surface area (Å²) in [6.45, 7) is 3.56. The highest BCUT2D eigenvalue weighted by Gasteiger charge is 2.18. The van der Waals surface area contributed by atoms with Gasteiger partial charge in [-0.3, -0.25) is 4.72 Å². The van der Waals surface area contributed by atoms with E-state index >= 15 is 0 Å². The van der Waals surface area contributed by atoms with Gasteiger partial charge in [0, 0.05) is 18.8 Å². The van der Waals surface area contributed by atoms with Gasteiger partial charge >= 0.3 is 0 Å². The van der Waals surface area contributed by atoms with Crippen molar-refractivity contribution in [1.82, 2.24) is 4.90 Å². The number of nitrogens with zero attached hydrogens (tertiary/aromatic N) is 1. The number of ether oxygens (including phenoxy) is 1. The number of aryl methyl sites for hydroxylation is 1. The third kappa shape index (κ3) is 4.53. The quantitative estimate of drug-likeness (QED) is 0.866. The lowest BCUT2D eigenvalue weighted by atomic mass is 10.1. The molecule has 2 aromatic carbocycles. The van der Waals surface area contributed by atoms with Crippen molar-refractivity contribution in [3.8, 4) is 5.75 Å². The van der Waals surface area contributed by atoms with Crippen molar-refractivity contribution in [1.29, 1.82) is 0 Å². The van der Waals surface area contributed by atoms with Crippen LogP contribution in [0.3, 0.4) is 0 Å². The molecule has 0 radical (unpaired) electrons. The van der Waals surface area contributed by atoms with Gasteiger partial charge in [0.05, 0.1) is 4.90 Å². The maximum absolute atomic E-state index is 13.3. The maximum atomic E-state index is 13.3. The van der Waals surface area contributed by atoms with E-state index in [0.717, 1.165) is 37.7 Å². The van der Waals surface area contributed by atoms with E-state index in [1.54, 1.807) is 24.3 Å². The van der Waals surface area contributed by atoms with Crippen LogP contribution >= 0.6 is 0 Å². The third-order valence-corrected chi connectivity index (χ3v) is 5.89. The van der Waals surface area contributed by atoms with E-state index in [-0.39, 0.29) is 16.6 Å². The first-order chi connectivity index (χ1) is 12.3. The van der Waals surface area contributed by atoms with Crippen molar-refractivity contribution in [2.45, 2.75) is 30.8 Å². The number of likely N-dealkylation sites (tertiary alicyclic amines) is 1. The molecule has 1 N–H and O–H groups in total. The van der Waals surface area contributed by atoms with E-state index in [1.165, 1.54) is 19.1 Å². The van der Waals surface area contributed by atoms with E-state index < -0.39 is 15.8 Å². The first-order valence-corrected chi connectivity index (χ1v) is 10.1. The number of nitrogens with one attached hydrogen (secondary N) is 1. The summed E-state index contributed by atoms with van der Waals surface area (Å²) >= 11 is 0. The van der Waals surface area contributed by atoms with Crippen LogP contribution in [0.5, 0.6) is 5.75 Å². The average Bonchev–Trinajstić information content (AvgIpc) is 2.61. The molecule has 1 aliphatic rings. The topological polar surface area (TPSA) is 58.6 Å². The molecule has 5 nitrogen and oxygen atoms in total. The van der Waals surface area contributed by atoms with Gasteiger partial charge in [0.15, 0.2) is 0 Å². The number of hydrogen-bond acceptors (Lipinski definition) is 4. The Morgan fingerprint density at radius 1 is 1.12 bits per heavy atom. The monoisotopic (exact) mass is 378 g/mol. The Kier molecular flexibility index (Phi) is 5.48. The second-order valence-corrected chi connectivity index (χ2v) is 8.34. The van der Waals surface area contributed by atoms with Crippen LogP contribution in [0.2, 0.25) is 0 Å². The fourth-order valence-electron chi connectivity index (χ4n) is 2.90. The molecule has 0 atom stereocenters. The molecule has 1 saturated heterocycles. The Balaban J connectivity index is 1.65. The lowest BCUT2D eigenvalue weighted by molar-refractivity contribution is 0.114. The van der Waals surface area contributed by atoms with Gasteiger partial charge in [0.2, 0.25) is 0 Å². The Morgan fingerprint density at radius 2 is 1.77 bits per heavy atom. The highest BCUT2D eigenvalue weighted by Crippen LogP contribution is 2.23. The lowest BCUT2D eigenvalue weighted by Crippen LogP contribution is -2.35. The van der Waals surface area contributed by atoms with Crippen LogP contribution in [0.1, 0.15) is 18.4 Å². The second-order valence-electron chi connectivity index (χ2n) is 6.66. The zero-order valence-corrected chi connectivity index (χ0v) is 15.7. The van der Waals surface area contributed by atoms with E-state index in [9.17, 15) is 12.8 Å². The zero-order chi connectivity index (χ0) is 18.7. The van der Waals surface area contributed by atoms with Gasteiger partial charge in [-0.1, -0.05) is 0 Å². The SMILES string of the molecule is Cc1cc(S(=O)(=O)Nc2ccc(OC3CCN(C)CC3)cc2)ccc1F. The van der Waals surface area contributed by atoms with Crippen LogP contribution in [-0.2, 0) is 10.0 Å². The summed E-state index contributed by atoms with van der Waals surface area (Å²) in [6.07, 6.45) is 2.15. The van der Waals surface area contributed by atoms with Crippen molar-refractivity contribution in [3.05, 3.63) is 53.8 Å². The second kappa shape index (κ2) is 7.63. The molecule has 7 heteroatoms. The van der Waals surface area contributed by atoms with E-state index in [2.05, 4.69) is 16.7 Å². The summed E-state index contributed by atoms with van der Waals surface area (Å²) < 4.78 is 46.7. The number of rotatable bonds is 5. The highest BCUT2D eigenvalue weighted by molar-refractivity contribution is 7.92. The standard InChI is InChI=1S/C19H23FN2O3S/c1-14-13-18(7-8-19(14)20)26(23,24)21-15-3-5-16(6-4-15)25-17-9-11-22(2)12-10-17/h3-8,13,17,21H,9-12H2,1-2H3. The number of piperidine rings is 1. The molecule has 2 aromatic rings. The first kappa shape index (κ1) is 18.7. The molecule has 3 rings (SSSR count). The fourth-order valence-corrected chi connectivity index (χ4v) is 4.04. The Labute approximate surface area is 153 Å². The minimum atomic E-state index is -3.76. The molecule has 1 aliphatic heterocycles. The van der Waals surface area contributed by atoms with Crippen LogP contribution < -0.4 is 9.46 Å². The predicted molar refractivity (Wildman–Crippen MR) is 99.5 cm³/mol. The first-order valence-electron chi connectivity index (χ1n) is 8.58. The van der Waals surface area contributed by atoms with Gasteiger partial charge in [-0.25, -0.2) is 12.8 Å². The summed E-state index contributed by atoms with van der Waals surface area (Å²) in [7, 11) is -1.66. The molecule has 0 spiro atoms. The van der Waals surface area contributed by atoms with Crippen LogP contribution in [0.4, 0.5) is 10.1 Å². The molecule has 140 valence electrons. The van der Waals surface area contributed by atoms with Gasteiger partial charge in [0.25, 0.3) is 10.0 Å². The summed E-state index contributed by atoms with van der Waals surface area (Å²) in [5.74, 6) is 0.291. The Hall–Kier alpha value is -2.12. The molecule has 26 heavy (non-hydrogen) atoms. The molecule has 1 heterocycles. The van der Waals surface area contributed by atoms with Crippen molar-refractivity contribution in [2.75, 3.05) is 24.9 Å². The third-order valence-electron chi connectivity index (χ3n) is 4.51. The number of benzene rings is 2. The summed E-state index contributed by atoms with van der Waals surface area (Å²) in [4.78, 5) is 2.30. The van der Waals surface area contributed by atoms with Gasteiger partial charge < -0.3 is 9.64 Å². The Morgan fingerprint density at radius 3 is 2.38 bits per heavy atom. The number of halogens is 1. The minimum Gasteiger partial charge on any atom is -0.490 e. The average molecular weight is 378 g/mol. The van der Waals surface area contributed by atoms with Crippen LogP contribution in [-0.4, -0.2) is 39.6 Å². The maximum Gasteiger partial charge on any atom is 0.261 e. The van der Waals surface area contributed by atoms with E-state index in [1.807, 2.05) is 0 Å². The zero-order valence-electron chi connectivity index (χ0n) is 14.9. The summed E-state index contributed by atoms with van der Waals surface area (Å²) in [5, 5.41) is 0. The molecule has 1 fully saturated rings. The predicted octanol–water partition coefficient (Wildman–Crippen LogP) is 3.41. The van der Waals surface area contributed by atoms with Crippen molar-refractivity contribution >= 4 is 15.7 Å². The molecule has 0 aromatic heterocycles. The smallest absolute Gasteiger partial charge is 0.261 e. The molecular weight excluding hydrogens is 355 g/mol. The van der Waals surface area contributed by atoms with Crippen molar-refractivity contribution in [3.63, 3.8) is 0 Å². The van der Waals surface area contributed by atoms with Crippen LogP contribution in [0, 0.1) is 12.7 Å². The minimum absolute atomic E-state index is 0.0306. The summed E-state index contributed by atoms with van der Waals surface area (Å²) in [5.41, 5.74) is 0.720. The largest absolute Gasteiger partial charge is 0.490 e. The number of anilines is 1. The molecule has 0 saturated carbocycles. The number of sulfonamides is 1. The molecule has 0 amide bonds. The fraction of sp³-hybridized carbons (Fsp3) is 0.368. The van der Waals surface area contributed by atoms with Gasteiger partial charge in [-0.2, -0.15) is 0 Å². The normalized spacial score (nSPS) is 16.4. The van der Waals surface area contributed by atoms with E-state index in [4.69, 9.17) is 4.74 Å². The van der Waals surface area contributed by atoms with Gasteiger partial charge in [-0.15, -0.1) is 0 Å². The van der Waals surface area contributed by atoms with Crippen molar-refractivity contribution in [2.24, 2.45) is 0 Å². The molecular formula is C19H23FN2O3S. The highest BCUT2D eigenvalue weighted by atomic mass is 32.2. The van der Waals surface area contributed by atoms with Crippen LogP contribution in [0.15, 0.2) is 47.4 Å². The lowest BCUT2D eigenvalue weighted by Gasteiger charge is -2.29. The van der Waals surface area contributed by atoms with Gasteiger partial charge in [-0.05, 0) is 74.8 Å². The van der Waals surface area contributed by atoms with Gasteiger partial charge in [0.1, 0.15) is 17.7 Å².